The summed E-state index contributed by atoms with van der Waals surface area (Å²) in [4.78, 5) is 13.9. The van der Waals surface area contributed by atoms with Crippen LogP contribution in [0.2, 0.25) is 5.02 Å². The third kappa shape index (κ3) is 3.15. The van der Waals surface area contributed by atoms with Crippen LogP contribution in [0.15, 0.2) is 24.3 Å². The van der Waals surface area contributed by atoms with E-state index in [1.807, 2.05) is 31.2 Å². The molecule has 110 valence electrons. The van der Waals surface area contributed by atoms with Crippen LogP contribution in [0.1, 0.15) is 32.3 Å². The summed E-state index contributed by atoms with van der Waals surface area (Å²) in [5, 5.41) is 10.4. The minimum absolute atomic E-state index is 0.441. The van der Waals surface area contributed by atoms with Gasteiger partial charge in [-0.25, -0.2) is 0 Å². The van der Waals surface area contributed by atoms with Gasteiger partial charge in [-0.05, 0) is 50.4 Å². The molecule has 1 fully saturated rings. The van der Waals surface area contributed by atoms with Gasteiger partial charge >= 0.3 is 5.97 Å². The Morgan fingerprint density at radius 3 is 2.55 bits per heavy atom. The zero-order chi connectivity index (χ0) is 14.8. The molecule has 1 atom stereocenters. The van der Waals surface area contributed by atoms with E-state index in [4.69, 9.17) is 11.6 Å². The number of halogens is 1. The number of piperidine rings is 1. The van der Waals surface area contributed by atoms with Gasteiger partial charge in [-0.2, -0.15) is 0 Å². The van der Waals surface area contributed by atoms with Crippen molar-refractivity contribution in [3.05, 3.63) is 34.9 Å². The maximum Gasteiger partial charge on any atom is 0.324 e. The number of aliphatic carboxylic acids is 1. The van der Waals surface area contributed by atoms with Gasteiger partial charge in [-0.1, -0.05) is 36.7 Å². The highest BCUT2D eigenvalue weighted by atomic mass is 35.5. The number of nitrogens with zero attached hydrogens (tertiary/aromatic N) is 1. The Kier molecular flexibility index (Phi) is 4.71. The summed E-state index contributed by atoms with van der Waals surface area (Å²) in [5.74, 6) is -0.0865. The Balaban J connectivity index is 2.22. The van der Waals surface area contributed by atoms with Crippen molar-refractivity contribution >= 4 is 17.6 Å². The van der Waals surface area contributed by atoms with Gasteiger partial charge in [0.05, 0.1) is 0 Å². The van der Waals surface area contributed by atoms with E-state index in [-0.39, 0.29) is 0 Å². The molecule has 1 saturated heterocycles. The van der Waals surface area contributed by atoms with E-state index in [1.54, 1.807) is 0 Å². The molecule has 0 bridgehead atoms. The Morgan fingerprint density at radius 1 is 1.40 bits per heavy atom. The number of carboxylic acid groups (broad SMARTS) is 1. The van der Waals surface area contributed by atoms with Crippen molar-refractivity contribution in [3.63, 3.8) is 0 Å². The Labute approximate surface area is 125 Å². The van der Waals surface area contributed by atoms with Crippen molar-refractivity contribution < 1.29 is 9.90 Å². The number of hydrogen-bond donors (Lipinski definition) is 1. The summed E-state index contributed by atoms with van der Waals surface area (Å²) < 4.78 is 0. The van der Waals surface area contributed by atoms with Crippen LogP contribution in [-0.4, -0.2) is 34.6 Å². The fraction of sp³-hybridized carbons (Fsp3) is 0.562. The predicted molar refractivity (Wildman–Crippen MR) is 81.2 cm³/mol. The van der Waals surface area contributed by atoms with E-state index in [2.05, 4.69) is 11.8 Å². The monoisotopic (exact) mass is 295 g/mol. The van der Waals surface area contributed by atoms with Crippen molar-refractivity contribution in [2.75, 3.05) is 13.1 Å². The predicted octanol–water partition coefficient (Wildman–Crippen LogP) is 3.46. The van der Waals surface area contributed by atoms with Gasteiger partial charge < -0.3 is 5.11 Å². The lowest BCUT2D eigenvalue weighted by Crippen LogP contribution is -2.56. The van der Waals surface area contributed by atoms with E-state index >= 15 is 0 Å². The first-order valence-electron chi connectivity index (χ1n) is 7.15. The molecule has 1 aliphatic heterocycles. The molecular weight excluding hydrogens is 274 g/mol. The van der Waals surface area contributed by atoms with Crippen LogP contribution < -0.4 is 0 Å². The van der Waals surface area contributed by atoms with E-state index in [0.29, 0.717) is 17.4 Å². The minimum Gasteiger partial charge on any atom is -0.480 e. The van der Waals surface area contributed by atoms with Gasteiger partial charge in [0.25, 0.3) is 0 Å². The lowest BCUT2D eigenvalue weighted by atomic mass is 9.87. The molecule has 0 saturated carbocycles. The number of hydrogen-bond acceptors (Lipinski definition) is 2. The zero-order valence-electron chi connectivity index (χ0n) is 12.1. The van der Waals surface area contributed by atoms with Crippen molar-refractivity contribution in [2.45, 2.75) is 38.6 Å². The third-order valence-corrected chi connectivity index (χ3v) is 4.80. The first-order chi connectivity index (χ1) is 9.43. The highest BCUT2D eigenvalue weighted by Gasteiger charge is 2.41. The highest BCUT2D eigenvalue weighted by Crippen LogP contribution is 2.29. The molecule has 0 aromatic heterocycles. The van der Waals surface area contributed by atoms with Crippen molar-refractivity contribution in [1.29, 1.82) is 0 Å². The fourth-order valence-corrected chi connectivity index (χ4v) is 3.04. The van der Waals surface area contributed by atoms with E-state index in [1.165, 1.54) is 0 Å². The molecule has 0 radical (unpaired) electrons. The number of likely N-dealkylation sites (tertiary alicyclic amines) is 1. The number of benzene rings is 1. The van der Waals surface area contributed by atoms with Gasteiger partial charge in [-0.15, -0.1) is 0 Å². The molecule has 0 aliphatic carbocycles. The van der Waals surface area contributed by atoms with Crippen molar-refractivity contribution in [1.82, 2.24) is 4.90 Å². The zero-order valence-corrected chi connectivity index (χ0v) is 12.9. The van der Waals surface area contributed by atoms with Gasteiger partial charge in [-0.3, -0.25) is 9.69 Å². The topological polar surface area (TPSA) is 40.5 Å². The molecule has 1 aromatic carbocycles. The molecule has 1 heterocycles. The van der Waals surface area contributed by atoms with Crippen LogP contribution in [0.4, 0.5) is 0 Å². The Hall–Kier alpha value is -1.06. The van der Waals surface area contributed by atoms with Crippen LogP contribution in [0.3, 0.4) is 0 Å². The summed E-state index contributed by atoms with van der Waals surface area (Å²) in [6.45, 7) is 5.72. The summed E-state index contributed by atoms with van der Waals surface area (Å²) in [6.07, 6.45) is 2.56. The largest absolute Gasteiger partial charge is 0.480 e. The van der Waals surface area contributed by atoms with Crippen molar-refractivity contribution in [3.8, 4) is 0 Å². The first kappa shape index (κ1) is 15.3. The van der Waals surface area contributed by atoms with Crippen LogP contribution in [0.25, 0.3) is 0 Å². The molecule has 20 heavy (non-hydrogen) atoms. The van der Waals surface area contributed by atoms with Gasteiger partial charge in [0.2, 0.25) is 0 Å². The maximum atomic E-state index is 11.8. The summed E-state index contributed by atoms with van der Waals surface area (Å²) in [5.41, 5.74) is 0.0168. The quantitative estimate of drug-likeness (QED) is 0.925. The second kappa shape index (κ2) is 6.15. The molecule has 0 spiro atoms. The molecule has 2 rings (SSSR count). The normalized spacial score (nSPS) is 20.6. The smallest absolute Gasteiger partial charge is 0.324 e. The molecule has 0 amide bonds. The first-order valence-corrected chi connectivity index (χ1v) is 7.53. The fourth-order valence-electron chi connectivity index (χ4n) is 2.84. The lowest BCUT2D eigenvalue weighted by molar-refractivity contribution is -0.151. The molecule has 4 heteroatoms. The number of carboxylic acids is 1. The summed E-state index contributed by atoms with van der Waals surface area (Å²) >= 11 is 6.19. The molecule has 3 nitrogen and oxygen atoms in total. The molecule has 1 aliphatic rings. The lowest BCUT2D eigenvalue weighted by Gasteiger charge is -2.42. The minimum atomic E-state index is -0.884. The van der Waals surface area contributed by atoms with Crippen molar-refractivity contribution in [2.24, 2.45) is 5.92 Å². The second-order valence-corrected chi connectivity index (χ2v) is 6.42. The number of carbonyl (C=O) groups is 1. The number of rotatable bonds is 4. The van der Waals surface area contributed by atoms with Gasteiger partial charge in [0, 0.05) is 11.4 Å². The van der Waals surface area contributed by atoms with Crippen LogP contribution in [-0.2, 0) is 11.2 Å². The van der Waals surface area contributed by atoms with E-state index in [0.717, 1.165) is 31.5 Å². The average molecular weight is 296 g/mol. The maximum absolute atomic E-state index is 11.8. The summed E-state index contributed by atoms with van der Waals surface area (Å²) in [6, 6.07) is 7.50. The highest BCUT2D eigenvalue weighted by molar-refractivity contribution is 6.31. The molecule has 1 unspecified atom stereocenters. The van der Waals surface area contributed by atoms with E-state index < -0.39 is 11.5 Å². The SMILES string of the molecule is CC1CCN(C(C)(Cc2ccccc2Cl)C(=O)O)CC1. The van der Waals surface area contributed by atoms with Crippen LogP contribution in [0.5, 0.6) is 0 Å². The molecular formula is C16H22ClNO2. The molecule has 1 aromatic rings. The summed E-state index contributed by atoms with van der Waals surface area (Å²) in [7, 11) is 0. The van der Waals surface area contributed by atoms with Gasteiger partial charge in [0.1, 0.15) is 5.54 Å². The Bertz CT molecular complexity index is 483. The Morgan fingerprint density at radius 2 is 2.00 bits per heavy atom. The van der Waals surface area contributed by atoms with Crippen LogP contribution >= 0.6 is 11.6 Å². The van der Waals surface area contributed by atoms with E-state index in [9.17, 15) is 9.90 Å². The third-order valence-electron chi connectivity index (χ3n) is 4.43. The van der Waals surface area contributed by atoms with Crippen LogP contribution in [0, 0.1) is 5.92 Å². The average Bonchev–Trinajstić information content (AvgIpc) is 2.42. The molecule has 1 N–H and O–H groups in total. The second-order valence-electron chi connectivity index (χ2n) is 6.02. The standard InChI is InChI=1S/C16H22ClNO2/c1-12-7-9-18(10-8-12)16(2,15(19)20)11-13-5-3-4-6-14(13)17/h3-6,12H,7-11H2,1-2H3,(H,19,20). The van der Waals surface area contributed by atoms with Gasteiger partial charge in [0.15, 0.2) is 0 Å².